The Hall–Kier alpha value is -3.60. The Morgan fingerprint density at radius 2 is 1.65 bits per heavy atom. The van der Waals surface area contributed by atoms with Gasteiger partial charge in [-0.2, -0.15) is 0 Å². The molecule has 0 atom stereocenters. The molecule has 1 fully saturated rings. The first-order valence-corrected chi connectivity index (χ1v) is 10.7. The highest BCUT2D eigenvalue weighted by Gasteiger charge is 2.27. The number of fused-ring (bicyclic) bond motifs is 2. The number of nitrogens with zero attached hydrogens (tertiary/aromatic N) is 3. The van der Waals surface area contributed by atoms with Crippen molar-refractivity contribution in [1.29, 1.82) is 0 Å². The molecule has 0 aromatic heterocycles. The number of carbonyl (C=O) groups excluding carboxylic acids is 1. The fourth-order valence-electron chi connectivity index (χ4n) is 4.13. The molecule has 31 heavy (non-hydrogen) atoms. The number of benzene rings is 3. The van der Waals surface area contributed by atoms with Crippen LogP contribution in [0.5, 0.6) is 11.5 Å². The Bertz CT molecular complexity index is 1130. The molecule has 1 amide bonds. The Morgan fingerprint density at radius 1 is 0.903 bits per heavy atom. The molecule has 5 nitrogen and oxygen atoms in total. The highest BCUT2D eigenvalue weighted by molar-refractivity contribution is 6.04. The van der Waals surface area contributed by atoms with Crippen LogP contribution >= 0.6 is 0 Å². The van der Waals surface area contributed by atoms with Crippen LogP contribution in [-0.4, -0.2) is 47.7 Å². The topological polar surface area (TPSA) is 45.1 Å². The third-order valence-corrected chi connectivity index (χ3v) is 5.82. The minimum atomic E-state index is 0.179. The number of aliphatic imine (C=N–C) groups is 1. The van der Waals surface area contributed by atoms with Crippen molar-refractivity contribution in [3.05, 3.63) is 89.5 Å². The van der Waals surface area contributed by atoms with Crippen LogP contribution in [-0.2, 0) is 11.2 Å². The monoisotopic (exact) mass is 411 g/mol. The van der Waals surface area contributed by atoms with Crippen LogP contribution in [0.3, 0.4) is 0 Å². The SMILES string of the molecule is Cc1ccc2c(c1)C(N1CCN(C(=O)Cc3ccccc3)CC1)=Nc1ccccc1O2. The average molecular weight is 412 g/mol. The molecule has 3 aromatic carbocycles. The average Bonchev–Trinajstić information content (AvgIpc) is 2.96. The standard InChI is InChI=1S/C26H25N3O2/c1-19-11-12-23-21(17-19)26(27-22-9-5-6-10-24(22)31-23)29-15-13-28(14-16-29)25(30)18-20-7-3-2-4-8-20/h2-12,17H,13-16,18H2,1H3. The number of hydrogen-bond donors (Lipinski definition) is 0. The van der Waals surface area contributed by atoms with E-state index in [2.05, 4.69) is 24.0 Å². The van der Waals surface area contributed by atoms with E-state index in [9.17, 15) is 4.79 Å². The maximum Gasteiger partial charge on any atom is 0.227 e. The van der Waals surface area contributed by atoms with Gasteiger partial charge in [0.2, 0.25) is 5.91 Å². The third-order valence-electron chi connectivity index (χ3n) is 5.82. The number of amidine groups is 1. The number of para-hydroxylation sites is 2. The maximum atomic E-state index is 12.8. The van der Waals surface area contributed by atoms with E-state index in [0.717, 1.165) is 52.8 Å². The van der Waals surface area contributed by atoms with E-state index in [-0.39, 0.29) is 5.91 Å². The van der Waals surface area contributed by atoms with Crippen LogP contribution in [0.4, 0.5) is 5.69 Å². The van der Waals surface area contributed by atoms with Crippen molar-refractivity contribution in [3.63, 3.8) is 0 Å². The van der Waals surface area contributed by atoms with E-state index in [1.807, 2.05) is 65.6 Å². The van der Waals surface area contributed by atoms with Gasteiger partial charge in [0.25, 0.3) is 0 Å². The first-order chi connectivity index (χ1) is 15.2. The molecule has 156 valence electrons. The molecule has 5 rings (SSSR count). The number of aryl methyl sites for hydroxylation is 1. The zero-order chi connectivity index (χ0) is 21.2. The Morgan fingerprint density at radius 3 is 2.45 bits per heavy atom. The van der Waals surface area contributed by atoms with Gasteiger partial charge in [0.15, 0.2) is 5.75 Å². The first-order valence-electron chi connectivity index (χ1n) is 10.7. The highest BCUT2D eigenvalue weighted by Crippen LogP contribution is 2.38. The predicted octanol–water partition coefficient (Wildman–Crippen LogP) is 4.57. The molecule has 0 radical (unpaired) electrons. The number of piperazine rings is 1. The van der Waals surface area contributed by atoms with Crippen LogP contribution in [0.25, 0.3) is 0 Å². The molecular weight excluding hydrogens is 386 g/mol. The second kappa shape index (κ2) is 8.26. The summed E-state index contributed by atoms with van der Waals surface area (Å²) >= 11 is 0. The summed E-state index contributed by atoms with van der Waals surface area (Å²) in [5, 5.41) is 0. The molecule has 2 aliphatic rings. The lowest BCUT2D eigenvalue weighted by Gasteiger charge is -2.36. The van der Waals surface area contributed by atoms with Crippen molar-refractivity contribution in [2.75, 3.05) is 26.2 Å². The van der Waals surface area contributed by atoms with Gasteiger partial charge in [-0.15, -0.1) is 0 Å². The van der Waals surface area contributed by atoms with Crippen LogP contribution in [0.2, 0.25) is 0 Å². The van der Waals surface area contributed by atoms with E-state index in [1.54, 1.807) is 0 Å². The molecule has 1 saturated heterocycles. The van der Waals surface area contributed by atoms with Gasteiger partial charge >= 0.3 is 0 Å². The third kappa shape index (κ3) is 4.04. The Kier molecular flexibility index (Phi) is 5.16. The highest BCUT2D eigenvalue weighted by atomic mass is 16.5. The van der Waals surface area contributed by atoms with Crippen molar-refractivity contribution in [2.24, 2.45) is 4.99 Å². The lowest BCUT2D eigenvalue weighted by atomic mass is 10.1. The molecular formula is C26H25N3O2. The minimum absolute atomic E-state index is 0.179. The van der Waals surface area contributed by atoms with Crippen LogP contribution in [0.1, 0.15) is 16.7 Å². The van der Waals surface area contributed by atoms with E-state index < -0.39 is 0 Å². The van der Waals surface area contributed by atoms with E-state index in [4.69, 9.17) is 9.73 Å². The summed E-state index contributed by atoms with van der Waals surface area (Å²) in [6.45, 7) is 4.95. The van der Waals surface area contributed by atoms with E-state index >= 15 is 0 Å². The molecule has 0 unspecified atom stereocenters. The Balaban J connectivity index is 1.37. The Labute approximate surface area is 182 Å². The molecule has 0 bridgehead atoms. The summed E-state index contributed by atoms with van der Waals surface area (Å²) in [4.78, 5) is 22.0. The smallest absolute Gasteiger partial charge is 0.227 e. The largest absolute Gasteiger partial charge is 0.454 e. The van der Waals surface area contributed by atoms with E-state index in [1.165, 1.54) is 0 Å². The number of carbonyl (C=O) groups is 1. The van der Waals surface area contributed by atoms with Crippen LogP contribution < -0.4 is 4.74 Å². The maximum absolute atomic E-state index is 12.8. The van der Waals surface area contributed by atoms with Crippen molar-refractivity contribution in [3.8, 4) is 11.5 Å². The van der Waals surface area contributed by atoms with Crippen LogP contribution in [0.15, 0.2) is 77.8 Å². The lowest BCUT2D eigenvalue weighted by molar-refractivity contribution is -0.131. The van der Waals surface area contributed by atoms with Crippen molar-refractivity contribution < 1.29 is 9.53 Å². The van der Waals surface area contributed by atoms with Crippen LogP contribution in [0, 0.1) is 6.92 Å². The van der Waals surface area contributed by atoms with Gasteiger partial charge in [0.05, 0.1) is 12.0 Å². The lowest BCUT2D eigenvalue weighted by Crippen LogP contribution is -2.51. The van der Waals surface area contributed by atoms with E-state index in [0.29, 0.717) is 19.5 Å². The fraction of sp³-hybridized carbons (Fsp3) is 0.231. The summed E-state index contributed by atoms with van der Waals surface area (Å²) in [7, 11) is 0. The molecule has 2 aliphatic heterocycles. The minimum Gasteiger partial charge on any atom is -0.454 e. The zero-order valence-electron chi connectivity index (χ0n) is 17.6. The molecule has 0 N–H and O–H groups in total. The van der Waals surface area contributed by atoms with Crippen molar-refractivity contribution in [2.45, 2.75) is 13.3 Å². The predicted molar refractivity (Wildman–Crippen MR) is 122 cm³/mol. The van der Waals surface area contributed by atoms with Gasteiger partial charge in [0.1, 0.15) is 17.3 Å². The van der Waals surface area contributed by atoms with Gasteiger partial charge in [-0.1, -0.05) is 54.1 Å². The van der Waals surface area contributed by atoms with Crippen molar-refractivity contribution in [1.82, 2.24) is 9.80 Å². The summed E-state index contributed by atoms with van der Waals surface area (Å²) in [5.74, 6) is 2.67. The number of rotatable bonds is 2. The second-order valence-electron chi connectivity index (χ2n) is 8.04. The quantitative estimate of drug-likeness (QED) is 0.621. The molecule has 3 aromatic rings. The zero-order valence-corrected chi connectivity index (χ0v) is 17.6. The molecule has 0 saturated carbocycles. The normalized spacial score (nSPS) is 15.3. The molecule has 0 spiro atoms. The summed E-state index contributed by atoms with van der Waals surface area (Å²) in [6, 6.07) is 24.0. The van der Waals surface area contributed by atoms with Gasteiger partial charge in [-0.3, -0.25) is 4.79 Å². The summed E-state index contributed by atoms with van der Waals surface area (Å²) in [6.07, 6.45) is 0.449. The number of hydrogen-bond acceptors (Lipinski definition) is 4. The summed E-state index contributed by atoms with van der Waals surface area (Å²) < 4.78 is 6.20. The second-order valence-corrected chi connectivity index (χ2v) is 8.04. The first kappa shape index (κ1) is 19.4. The number of amides is 1. The van der Waals surface area contributed by atoms with Gasteiger partial charge in [-0.05, 0) is 36.8 Å². The molecule has 2 heterocycles. The van der Waals surface area contributed by atoms with Crippen molar-refractivity contribution >= 4 is 17.4 Å². The number of ether oxygens (including phenoxy) is 1. The van der Waals surface area contributed by atoms with Gasteiger partial charge in [-0.25, -0.2) is 4.99 Å². The van der Waals surface area contributed by atoms with Gasteiger partial charge < -0.3 is 14.5 Å². The molecule has 5 heteroatoms. The van der Waals surface area contributed by atoms with Gasteiger partial charge in [0, 0.05) is 26.2 Å². The fourth-order valence-corrected chi connectivity index (χ4v) is 4.13. The summed E-state index contributed by atoms with van der Waals surface area (Å²) in [5.41, 5.74) is 4.05. The molecule has 0 aliphatic carbocycles.